The van der Waals surface area contributed by atoms with Crippen molar-refractivity contribution in [2.45, 2.75) is 95.0 Å². The predicted octanol–water partition coefficient (Wildman–Crippen LogP) is 5.19. The SMILES string of the molecule is C[C@@]12CCCC1C1CC[C@@]3(O)CC4(CCC3=C1[C@@H](c1ccc(CN)cc1)C2)OCCCO4. The molecule has 5 atom stereocenters. The van der Waals surface area contributed by atoms with Gasteiger partial charge >= 0.3 is 0 Å². The van der Waals surface area contributed by atoms with Crippen LogP contribution in [0.2, 0.25) is 0 Å². The van der Waals surface area contributed by atoms with Crippen molar-refractivity contribution in [1.82, 2.24) is 0 Å². The molecule has 0 bridgehead atoms. The zero-order valence-corrected chi connectivity index (χ0v) is 19.6. The third kappa shape index (κ3) is 3.25. The molecule has 3 saturated carbocycles. The van der Waals surface area contributed by atoms with E-state index in [1.54, 1.807) is 5.57 Å². The zero-order valence-electron chi connectivity index (χ0n) is 19.6. The molecule has 3 N–H and O–H groups in total. The first-order valence-corrected chi connectivity index (χ1v) is 13.0. The Morgan fingerprint density at radius 2 is 1.81 bits per heavy atom. The van der Waals surface area contributed by atoms with Crippen molar-refractivity contribution in [3.63, 3.8) is 0 Å². The maximum Gasteiger partial charge on any atom is 0.171 e. The summed E-state index contributed by atoms with van der Waals surface area (Å²) < 4.78 is 12.3. The normalized spacial score (nSPS) is 40.7. The Morgan fingerprint density at radius 3 is 2.56 bits per heavy atom. The summed E-state index contributed by atoms with van der Waals surface area (Å²) in [7, 11) is 0. The number of aliphatic hydroxyl groups is 1. The maximum absolute atomic E-state index is 12.1. The number of fused-ring (bicyclic) bond motifs is 4. The van der Waals surface area contributed by atoms with Crippen molar-refractivity contribution >= 4 is 0 Å². The lowest BCUT2D eigenvalue weighted by atomic mass is 9.51. The summed E-state index contributed by atoms with van der Waals surface area (Å²) >= 11 is 0. The summed E-state index contributed by atoms with van der Waals surface area (Å²) in [6.45, 7) is 4.64. The standard InChI is InChI=1S/C28H39NO3/c1-26-11-2-4-23(26)21-9-12-27(30)18-28(31-14-3-15-32-28)13-10-24(27)25(21)22(16-26)20-7-5-19(17-29)6-8-20/h5-8,21-23,30H,2-4,9-18,29H2,1H3/t21?,22-,23?,26+,27-/m1/s1. The van der Waals surface area contributed by atoms with Gasteiger partial charge in [-0.25, -0.2) is 0 Å². The molecule has 1 aromatic carbocycles. The van der Waals surface area contributed by atoms with Crippen molar-refractivity contribution in [1.29, 1.82) is 0 Å². The average molecular weight is 438 g/mol. The van der Waals surface area contributed by atoms with E-state index in [2.05, 4.69) is 31.2 Å². The van der Waals surface area contributed by atoms with Crippen LogP contribution in [-0.4, -0.2) is 29.7 Å². The number of nitrogens with two attached hydrogens (primary N) is 1. The lowest BCUT2D eigenvalue weighted by Crippen LogP contribution is -2.55. The highest BCUT2D eigenvalue weighted by atomic mass is 16.7. The first-order chi connectivity index (χ1) is 15.5. The summed E-state index contributed by atoms with van der Waals surface area (Å²) in [5, 5.41) is 12.1. The summed E-state index contributed by atoms with van der Waals surface area (Å²) in [4.78, 5) is 0. The van der Waals surface area contributed by atoms with Crippen LogP contribution in [0, 0.1) is 17.3 Å². The molecule has 0 amide bonds. The number of hydrogen-bond acceptors (Lipinski definition) is 4. The van der Waals surface area contributed by atoms with Crippen LogP contribution in [0.1, 0.15) is 88.2 Å². The molecule has 1 spiro atoms. The monoisotopic (exact) mass is 437 g/mol. The molecule has 4 heteroatoms. The van der Waals surface area contributed by atoms with E-state index in [4.69, 9.17) is 15.2 Å². The highest BCUT2D eigenvalue weighted by Crippen LogP contribution is 2.65. The number of benzene rings is 1. The van der Waals surface area contributed by atoms with Crippen LogP contribution in [0.5, 0.6) is 0 Å². The minimum Gasteiger partial charge on any atom is -0.385 e. The van der Waals surface area contributed by atoms with Crippen LogP contribution >= 0.6 is 0 Å². The van der Waals surface area contributed by atoms with E-state index >= 15 is 0 Å². The predicted molar refractivity (Wildman–Crippen MR) is 125 cm³/mol. The van der Waals surface area contributed by atoms with Gasteiger partial charge in [0.15, 0.2) is 5.79 Å². The van der Waals surface area contributed by atoms with Crippen molar-refractivity contribution in [3.05, 3.63) is 46.5 Å². The van der Waals surface area contributed by atoms with Crippen LogP contribution in [0.15, 0.2) is 35.4 Å². The topological polar surface area (TPSA) is 64.7 Å². The highest BCUT2D eigenvalue weighted by Gasteiger charge is 2.58. The zero-order chi connectivity index (χ0) is 22.0. The molecule has 4 fully saturated rings. The summed E-state index contributed by atoms with van der Waals surface area (Å²) in [5.41, 5.74) is 11.1. The van der Waals surface area contributed by atoms with Crippen LogP contribution in [-0.2, 0) is 16.0 Å². The fourth-order valence-electron chi connectivity index (χ4n) is 8.32. The van der Waals surface area contributed by atoms with Crippen LogP contribution < -0.4 is 5.73 Å². The van der Waals surface area contributed by atoms with E-state index in [0.717, 1.165) is 51.2 Å². The molecule has 0 radical (unpaired) electrons. The Labute approximate surface area is 192 Å². The molecular formula is C28H39NO3. The van der Waals surface area contributed by atoms with Gasteiger partial charge in [-0.05, 0) is 78.9 Å². The minimum atomic E-state index is -0.775. The van der Waals surface area contributed by atoms with Gasteiger partial charge in [0.2, 0.25) is 0 Å². The fourth-order valence-corrected chi connectivity index (χ4v) is 8.32. The van der Waals surface area contributed by atoms with Crippen molar-refractivity contribution in [2.24, 2.45) is 23.0 Å². The van der Waals surface area contributed by atoms with Crippen molar-refractivity contribution < 1.29 is 14.6 Å². The first-order valence-electron chi connectivity index (χ1n) is 13.0. The lowest BCUT2D eigenvalue weighted by molar-refractivity contribution is -0.295. The quantitative estimate of drug-likeness (QED) is 0.625. The molecule has 1 aliphatic heterocycles. The molecule has 4 nitrogen and oxygen atoms in total. The summed E-state index contributed by atoms with van der Waals surface area (Å²) in [6, 6.07) is 9.02. The van der Waals surface area contributed by atoms with E-state index in [1.165, 1.54) is 42.4 Å². The Morgan fingerprint density at radius 1 is 1.03 bits per heavy atom. The molecule has 0 aromatic heterocycles. The van der Waals surface area contributed by atoms with Crippen molar-refractivity contribution in [2.75, 3.05) is 13.2 Å². The third-order valence-corrected chi connectivity index (χ3v) is 9.82. The molecule has 1 heterocycles. The molecule has 5 aliphatic rings. The molecular weight excluding hydrogens is 398 g/mol. The van der Waals surface area contributed by atoms with Crippen LogP contribution in [0.25, 0.3) is 0 Å². The molecule has 32 heavy (non-hydrogen) atoms. The lowest BCUT2D eigenvalue weighted by Gasteiger charge is -2.56. The van der Waals surface area contributed by atoms with Gasteiger partial charge in [-0.2, -0.15) is 0 Å². The van der Waals surface area contributed by atoms with Gasteiger partial charge in [-0.1, -0.05) is 43.2 Å². The number of hydrogen-bond donors (Lipinski definition) is 2. The smallest absolute Gasteiger partial charge is 0.171 e. The molecule has 4 aliphatic carbocycles. The molecule has 1 aromatic rings. The van der Waals surface area contributed by atoms with Gasteiger partial charge in [0, 0.05) is 25.3 Å². The Hall–Kier alpha value is -1.20. The number of ether oxygens (including phenoxy) is 2. The minimum absolute atomic E-state index is 0.412. The molecule has 2 unspecified atom stereocenters. The number of allylic oxidation sites excluding steroid dienone is 1. The second-order valence-corrected chi connectivity index (χ2v) is 11.6. The van der Waals surface area contributed by atoms with Crippen molar-refractivity contribution in [3.8, 4) is 0 Å². The summed E-state index contributed by atoms with van der Waals surface area (Å²) in [5.74, 6) is 1.23. The van der Waals surface area contributed by atoms with Gasteiger partial charge < -0.3 is 20.3 Å². The largest absolute Gasteiger partial charge is 0.385 e. The second kappa shape index (κ2) is 7.66. The van der Waals surface area contributed by atoms with E-state index in [1.807, 2.05) is 0 Å². The Kier molecular flexibility index (Phi) is 5.11. The van der Waals surface area contributed by atoms with E-state index < -0.39 is 11.4 Å². The first kappa shape index (κ1) is 21.3. The van der Waals surface area contributed by atoms with Crippen LogP contribution in [0.3, 0.4) is 0 Å². The molecule has 6 rings (SSSR count). The van der Waals surface area contributed by atoms with Gasteiger partial charge in [0.25, 0.3) is 0 Å². The van der Waals surface area contributed by atoms with Gasteiger partial charge in [0.05, 0.1) is 18.8 Å². The fraction of sp³-hybridized carbons (Fsp3) is 0.714. The second-order valence-electron chi connectivity index (χ2n) is 11.6. The molecule has 174 valence electrons. The maximum atomic E-state index is 12.1. The van der Waals surface area contributed by atoms with E-state index in [9.17, 15) is 5.11 Å². The van der Waals surface area contributed by atoms with Gasteiger partial charge in [-0.3, -0.25) is 0 Å². The highest BCUT2D eigenvalue weighted by molar-refractivity contribution is 5.43. The number of rotatable bonds is 2. The van der Waals surface area contributed by atoms with Crippen LogP contribution in [0.4, 0.5) is 0 Å². The van der Waals surface area contributed by atoms with E-state index in [-0.39, 0.29) is 0 Å². The average Bonchev–Trinajstić information content (AvgIpc) is 3.20. The third-order valence-electron chi connectivity index (χ3n) is 9.82. The summed E-state index contributed by atoms with van der Waals surface area (Å²) in [6.07, 6.45) is 10.6. The van der Waals surface area contributed by atoms with Gasteiger partial charge in [-0.15, -0.1) is 0 Å². The Balaban J connectivity index is 1.43. The Bertz CT molecular complexity index is 902. The van der Waals surface area contributed by atoms with E-state index in [0.29, 0.717) is 30.2 Å². The van der Waals surface area contributed by atoms with Gasteiger partial charge in [0.1, 0.15) is 0 Å². The molecule has 1 saturated heterocycles.